The molecule has 1 aliphatic rings. The third-order valence-corrected chi connectivity index (χ3v) is 2.45. The molecule has 1 fully saturated rings. The maximum absolute atomic E-state index is 4.92. The van der Waals surface area contributed by atoms with Crippen molar-refractivity contribution in [3.63, 3.8) is 0 Å². The van der Waals surface area contributed by atoms with Gasteiger partial charge in [0, 0.05) is 11.9 Å². The van der Waals surface area contributed by atoms with E-state index in [1.807, 2.05) is 6.07 Å². The smallest absolute Gasteiger partial charge is 0.196 e. The first kappa shape index (κ1) is 6.98. The molecule has 0 spiro atoms. The molecule has 0 aromatic carbocycles. The molecule has 1 heterocycles. The van der Waals surface area contributed by atoms with E-state index in [4.69, 9.17) is 12.2 Å². The van der Waals surface area contributed by atoms with Gasteiger partial charge in [0.25, 0.3) is 0 Å². The van der Waals surface area contributed by atoms with Gasteiger partial charge in [-0.2, -0.15) is 0 Å². The van der Waals surface area contributed by atoms with Crippen molar-refractivity contribution in [3.05, 3.63) is 22.7 Å². The van der Waals surface area contributed by atoms with E-state index in [0.717, 1.165) is 5.92 Å². The molecule has 2 rings (SSSR count). The Labute approximate surface area is 70.7 Å². The Morgan fingerprint density at radius 1 is 1.55 bits per heavy atom. The average Bonchev–Trinajstić information content (AvgIpc) is 1.83. The minimum atomic E-state index is 0.606. The lowest BCUT2D eigenvalue weighted by atomic mass is 9.83. The van der Waals surface area contributed by atoms with Crippen LogP contribution in [0, 0.1) is 4.77 Å². The van der Waals surface area contributed by atoms with E-state index in [9.17, 15) is 0 Å². The molecular weight excluding hydrogens is 156 g/mol. The van der Waals surface area contributed by atoms with E-state index < -0.39 is 0 Å². The molecule has 1 saturated carbocycles. The fourth-order valence-electron chi connectivity index (χ4n) is 1.34. The van der Waals surface area contributed by atoms with Gasteiger partial charge in [0.1, 0.15) is 0 Å². The number of H-pyrrole nitrogens is 1. The van der Waals surface area contributed by atoms with E-state index >= 15 is 0 Å². The molecule has 0 atom stereocenters. The van der Waals surface area contributed by atoms with Crippen LogP contribution >= 0.6 is 12.2 Å². The molecule has 0 amide bonds. The number of hydrogen-bond donors (Lipinski definition) is 1. The Morgan fingerprint density at radius 2 is 2.36 bits per heavy atom. The summed E-state index contributed by atoms with van der Waals surface area (Å²) in [4.78, 5) is 7.05. The fraction of sp³-hybridized carbons (Fsp3) is 0.500. The summed E-state index contributed by atoms with van der Waals surface area (Å²) in [6, 6.07) is 2.03. The van der Waals surface area contributed by atoms with Crippen LogP contribution < -0.4 is 0 Å². The third kappa shape index (κ3) is 1.33. The van der Waals surface area contributed by atoms with Gasteiger partial charge >= 0.3 is 0 Å². The van der Waals surface area contributed by atoms with Crippen LogP contribution in [0.4, 0.5) is 0 Å². The first-order valence-electron chi connectivity index (χ1n) is 3.91. The van der Waals surface area contributed by atoms with Gasteiger partial charge in [-0.25, -0.2) is 4.98 Å². The first-order chi connectivity index (χ1) is 5.36. The Morgan fingerprint density at radius 3 is 2.91 bits per heavy atom. The fourth-order valence-corrected chi connectivity index (χ4v) is 1.52. The van der Waals surface area contributed by atoms with Crippen LogP contribution in [0.2, 0.25) is 0 Å². The molecule has 0 saturated heterocycles. The second-order valence-electron chi connectivity index (χ2n) is 2.96. The Hall–Kier alpha value is -0.700. The van der Waals surface area contributed by atoms with E-state index in [1.165, 1.54) is 25.0 Å². The summed E-state index contributed by atoms with van der Waals surface area (Å²) in [5.41, 5.74) is 1.26. The van der Waals surface area contributed by atoms with Gasteiger partial charge in [-0.1, -0.05) is 6.42 Å². The summed E-state index contributed by atoms with van der Waals surface area (Å²) in [5, 5.41) is 0. The Kier molecular flexibility index (Phi) is 1.74. The number of aromatic amines is 1. The number of aromatic nitrogens is 2. The monoisotopic (exact) mass is 166 g/mol. The molecule has 0 bridgehead atoms. The minimum absolute atomic E-state index is 0.606. The molecule has 1 aliphatic carbocycles. The summed E-state index contributed by atoms with van der Waals surface area (Å²) in [6.07, 6.45) is 5.74. The van der Waals surface area contributed by atoms with Crippen molar-refractivity contribution in [3.8, 4) is 0 Å². The molecule has 1 aromatic rings. The van der Waals surface area contributed by atoms with Gasteiger partial charge in [-0.15, -0.1) is 0 Å². The molecule has 1 aromatic heterocycles. The summed E-state index contributed by atoms with van der Waals surface area (Å²) in [5.74, 6) is 0.722. The van der Waals surface area contributed by atoms with Crippen molar-refractivity contribution in [1.82, 2.24) is 9.97 Å². The number of nitrogens with one attached hydrogen (secondary N) is 1. The predicted molar refractivity (Wildman–Crippen MR) is 46.0 cm³/mol. The van der Waals surface area contributed by atoms with Gasteiger partial charge < -0.3 is 4.98 Å². The lowest BCUT2D eigenvalue weighted by molar-refractivity contribution is 0.410. The van der Waals surface area contributed by atoms with Gasteiger partial charge in [0.2, 0.25) is 0 Å². The zero-order valence-corrected chi connectivity index (χ0v) is 7.03. The molecule has 0 unspecified atom stereocenters. The van der Waals surface area contributed by atoms with Gasteiger partial charge in [0.05, 0.1) is 0 Å². The van der Waals surface area contributed by atoms with E-state index in [2.05, 4.69) is 9.97 Å². The van der Waals surface area contributed by atoms with Crippen molar-refractivity contribution in [1.29, 1.82) is 0 Å². The van der Waals surface area contributed by atoms with Crippen LogP contribution in [0.1, 0.15) is 30.9 Å². The summed E-state index contributed by atoms with van der Waals surface area (Å²) >= 11 is 4.92. The molecule has 58 valence electrons. The minimum Gasteiger partial charge on any atom is -0.334 e. The van der Waals surface area contributed by atoms with Crippen LogP contribution in [0.3, 0.4) is 0 Å². The van der Waals surface area contributed by atoms with Crippen LogP contribution in [-0.2, 0) is 0 Å². The Bertz CT molecular complexity index is 301. The Balaban J connectivity index is 2.30. The molecule has 3 heteroatoms. The third-order valence-electron chi connectivity index (χ3n) is 2.24. The largest absolute Gasteiger partial charge is 0.334 e. The second kappa shape index (κ2) is 2.74. The SMILES string of the molecule is S=c1nccc(C2CCC2)[nH]1. The summed E-state index contributed by atoms with van der Waals surface area (Å²) < 4.78 is 0.606. The zero-order valence-electron chi connectivity index (χ0n) is 6.21. The standard InChI is InChI=1S/C8H10N2S/c11-8-9-5-4-7(10-8)6-2-1-3-6/h4-6H,1-3H2,(H,9,10,11). The lowest BCUT2D eigenvalue weighted by Gasteiger charge is -2.24. The second-order valence-corrected chi connectivity index (χ2v) is 3.34. The van der Waals surface area contributed by atoms with Gasteiger partial charge in [-0.05, 0) is 37.0 Å². The lowest BCUT2D eigenvalue weighted by Crippen LogP contribution is -2.10. The highest BCUT2D eigenvalue weighted by Crippen LogP contribution is 2.34. The van der Waals surface area contributed by atoms with Crippen LogP contribution in [0.5, 0.6) is 0 Å². The van der Waals surface area contributed by atoms with Crippen LogP contribution in [-0.4, -0.2) is 9.97 Å². The predicted octanol–water partition coefficient (Wildman–Crippen LogP) is 2.41. The molecule has 11 heavy (non-hydrogen) atoms. The maximum Gasteiger partial charge on any atom is 0.196 e. The van der Waals surface area contributed by atoms with Crippen LogP contribution in [0.15, 0.2) is 12.3 Å². The average molecular weight is 166 g/mol. The van der Waals surface area contributed by atoms with Gasteiger partial charge in [-0.3, -0.25) is 0 Å². The van der Waals surface area contributed by atoms with Crippen molar-refractivity contribution < 1.29 is 0 Å². The molecule has 2 nitrogen and oxygen atoms in total. The highest BCUT2D eigenvalue weighted by atomic mass is 32.1. The van der Waals surface area contributed by atoms with Crippen molar-refractivity contribution in [2.75, 3.05) is 0 Å². The quantitative estimate of drug-likeness (QED) is 0.649. The first-order valence-corrected chi connectivity index (χ1v) is 4.32. The highest BCUT2D eigenvalue weighted by Gasteiger charge is 2.19. The van der Waals surface area contributed by atoms with Crippen molar-refractivity contribution in [2.24, 2.45) is 0 Å². The highest BCUT2D eigenvalue weighted by molar-refractivity contribution is 7.71. The van der Waals surface area contributed by atoms with E-state index in [-0.39, 0.29) is 0 Å². The topological polar surface area (TPSA) is 28.7 Å². The normalized spacial score (nSPS) is 17.8. The molecule has 1 N–H and O–H groups in total. The van der Waals surface area contributed by atoms with Crippen molar-refractivity contribution in [2.45, 2.75) is 25.2 Å². The summed E-state index contributed by atoms with van der Waals surface area (Å²) in [7, 11) is 0. The number of hydrogen-bond acceptors (Lipinski definition) is 2. The number of rotatable bonds is 1. The van der Waals surface area contributed by atoms with Crippen LogP contribution in [0.25, 0.3) is 0 Å². The van der Waals surface area contributed by atoms with Crippen molar-refractivity contribution >= 4 is 12.2 Å². The molecule has 0 radical (unpaired) electrons. The van der Waals surface area contributed by atoms with Gasteiger partial charge in [0.15, 0.2) is 4.77 Å². The molecule has 0 aliphatic heterocycles. The molecular formula is C8H10N2S. The summed E-state index contributed by atoms with van der Waals surface area (Å²) in [6.45, 7) is 0. The number of nitrogens with zero attached hydrogens (tertiary/aromatic N) is 1. The maximum atomic E-state index is 4.92. The van der Waals surface area contributed by atoms with E-state index in [1.54, 1.807) is 6.20 Å². The zero-order chi connectivity index (χ0) is 7.68. The van der Waals surface area contributed by atoms with E-state index in [0.29, 0.717) is 4.77 Å².